The number of piperidine rings is 1. The standard InChI is InChI=1S/C18H24ClN5O3/c1-3-24-17(21-22-18(24)26)12-6-8-23(9-7-12)11-16(25)20-13-4-5-15(27-2)14(19)10-13/h4-5,10,12H,3,6-9,11H2,1-2H3,(H,20,25)(H,22,26). The van der Waals surface area contributed by atoms with Crippen molar-refractivity contribution in [3.63, 3.8) is 0 Å². The van der Waals surface area contributed by atoms with Gasteiger partial charge in [0, 0.05) is 18.2 Å². The third kappa shape index (κ3) is 4.51. The maximum atomic E-state index is 12.3. The number of aromatic nitrogens is 3. The normalized spacial score (nSPS) is 15.7. The maximum absolute atomic E-state index is 12.3. The van der Waals surface area contributed by atoms with E-state index in [2.05, 4.69) is 20.4 Å². The molecule has 146 valence electrons. The third-order valence-electron chi connectivity index (χ3n) is 4.86. The van der Waals surface area contributed by atoms with Crippen LogP contribution in [0, 0.1) is 0 Å². The van der Waals surface area contributed by atoms with Crippen LogP contribution in [0.1, 0.15) is 31.5 Å². The molecule has 1 aromatic carbocycles. The Morgan fingerprint density at radius 1 is 1.41 bits per heavy atom. The predicted octanol–water partition coefficient (Wildman–Crippen LogP) is 2.07. The van der Waals surface area contributed by atoms with Crippen LogP contribution in [0.2, 0.25) is 5.02 Å². The maximum Gasteiger partial charge on any atom is 0.343 e. The Balaban J connectivity index is 1.52. The molecule has 0 bridgehead atoms. The Labute approximate surface area is 162 Å². The fourth-order valence-electron chi connectivity index (χ4n) is 3.44. The number of methoxy groups -OCH3 is 1. The highest BCUT2D eigenvalue weighted by Crippen LogP contribution is 2.28. The van der Waals surface area contributed by atoms with Crippen LogP contribution in [0.25, 0.3) is 0 Å². The minimum atomic E-state index is -0.160. The Morgan fingerprint density at radius 3 is 2.78 bits per heavy atom. The number of H-pyrrole nitrogens is 1. The summed E-state index contributed by atoms with van der Waals surface area (Å²) in [6, 6.07) is 5.16. The number of amides is 1. The van der Waals surface area contributed by atoms with Crippen LogP contribution in [0.5, 0.6) is 5.75 Å². The van der Waals surface area contributed by atoms with Gasteiger partial charge in [0.2, 0.25) is 5.91 Å². The van der Waals surface area contributed by atoms with Crippen molar-refractivity contribution in [1.82, 2.24) is 19.7 Å². The molecule has 3 rings (SSSR count). The predicted molar refractivity (Wildman–Crippen MR) is 104 cm³/mol. The van der Waals surface area contributed by atoms with E-state index in [0.717, 1.165) is 31.8 Å². The van der Waals surface area contributed by atoms with Gasteiger partial charge in [-0.15, -0.1) is 0 Å². The van der Waals surface area contributed by atoms with Gasteiger partial charge in [-0.05, 0) is 51.1 Å². The first-order chi connectivity index (χ1) is 13.0. The highest BCUT2D eigenvalue weighted by atomic mass is 35.5. The highest BCUT2D eigenvalue weighted by Gasteiger charge is 2.26. The largest absolute Gasteiger partial charge is 0.495 e. The molecule has 27 heavy (non-hydrogen) atoms. The lowest BCUT2D eigenvalue weighted by atomic mass is 9.96. The zero-order valence-electron chi connectivity index (χ0n) is 15.5. The van der Waals surface area contributed by atoms with Crippen LogP contribution in [0.4, 0.5) is 5.69 Å². The second kappa shape index (κ2) is 8.58. The van der Waals surface area contributed by atoms with Crippen LogP contribution in [-0.4, -0.2) is 52.3 Å². The Hall–Kier alpha value is -2.32. The molecule has 1 fully saturated rings. The number of carbonyl (C=O) groups excluding carboxylic acids is 1. The quantitative estimate of drug-likeness (QED) is 0.783. The van der Waals surface area contributed by atoms with Crippen LogP contribution < -0.4 is 15.7 Å². The number of hydrogen-bond acceptors (Lipinski definition) is 5. The zero-order valence-corrected chi connectivity index (χ0v) is 16.3. The van der Waals surface area contributed by atoms with Gasteiger partial charge in [0.15, 0.2) is 0 Å². The number of anilines is 1. The van der Waals surface area contributed by atoms with E-state index in [0.29, 0.717) is 29.5 Å². The van der Waals surface area contributed by atoms with Crippen molar-refractivity contribution in [2.24, 2.45) is 0 Å². The lowest BCUT2D eigenvalue weighted by molar-refractivity contribution is -0.117. The number of nitrogens with zero attached hydrogens (tertiary/aromatic N) is 3. The van der Waals surface area contributed by atoms with Crippen molar-refractivity contribution < 1.29 is 9.53 Å². The van der Waals surface area contributed by atoms with Crippen molar-refractivity contribution in [2.75, 3.05) is 32.1 Å². The SMILES string of the molecule is CCn1c(C2CCN(CC(=O)Nc3ccc(OC)c(Cl)c3)CC2)n[nH]c1=O. The molecule has 1 aliphatic rings. The molecule has 1 aliphatic heterocycles. The van der Waals surface area contributed by atoms with Crippen molar-refractivity contribution >= 4 is 23.2 Å². The number of carbonyl (C=O) groups is 1. The number of nitrogens with one attached hydrogen (secondary N) is 2. The number of halogens is 1. The van der Waals surface area contributed by atoms with Gasteiger partial charge in [0.05, 0.1) is 18.7 Å². The number of aromatic amines is 1. The van der Waals surface area contributed by atoms with E-state index in [9.17, 15) is 9.59 Å². The van der Waals surface area contributed by atoms with E-state index in [4.69, 9.17) is 16.3 Å². The van der Waals surface area contributed by atoms with Gasteiger partial charge < -0.3 is 10.1 Å². The Bertz CT molecular complexity index is 855. The van der Waals surface area contributed by atoms with Gasteiger partial charge in [-0.1, -0.05) is 11.6 Å². The van der Waals surface area contributed by atoms with E-state index in [-0.39, 0.29) is 17.5 Å². The van der Waals surface area contributed by atoms with Crippen LogP contribution in [0.15, 0.2) is 23.0 Å². The van der Waals surface area contributed by atoms with Crippen molar-refractivity contribution in [2.45, 2.75) is 32.2 Å². The summed E-state index contributed by atoms with van der Waals surface area (Å²) >= 11 is 6.09. The van der Waals surface area contributed by atoms with E-state index in [1.807, 2.05) is 6.92 Å². The van der Waals surface area contributed by atoms with Gasteiger partial charge in [-0.25, -0.2) is 9.89 Å². The summed E-state index contributed by atoms with van der Waals surface area (Å²) < 4.78 is 6.79. The number of ether oxygens (including phenoxy) is 1. The third-order valence-corrected chi connectivity index (χ3v) is 5.15. The second-order valence-corrected chi connectivity index (χ2v) is 6.99. The van der Waals surface area contributed by atoms with Gasteiger partial charge in [-0.2, -0.15) is 5.10 Å². The van der Waals surface area contributed by atoms with Gasteiger partial charge >= 0.3 is 5.69 Å². The molecule has 0 spiro atoms. The molecular weight excluding hydrogens is 370 g/mol. The first-order valence-electron chi connectivity index (χ1n) is 9.02. The molecule has 1 amide bonds. The molecular formula is C18H24ClN5O3. The molecule has 0 saturated carbocycles. The van der Waals surface area contributed by atoms with Crippen molar-refractivity contribution in [3.05, 3.63) is 39.5 Å². The Kier molecular flexibility index (Phi) is 6.18. The van der Waals surface area contributed by atoms with Crippen molar-refractivity contribution in [3.8, 4) is 5.75 Å². The summed E-state index contributed by atoms with van der Waals surface area (Å²) in [7, 11) is 1.55. The molecule has 2 heterocycles. The lowest BCUT2D eigenvalue weighted by Crippen LogP contribution is -2.39. The minimum absolute atomic E-state index is 0.0834. The van der Waals surface area contributed by atoms with Crippen LogP contribution >= 0.6 is 11.6 Å². The molecule has 0 atom stereocenters. The number of likely N-dealkylation sites (tertiary alicyclic amines) is 1. The second-order valence-electron chi connectivity index (χ2n) is 6.58. The molecule has 0 unspecified atom stereocenters. The molecule has 2 aromatic rings. The van der Waals surface area contributed by atoms with Gasteiger partial charge in [-0.3, -0.25) is 14.3 Å². The number of rotatable bonds is 6. The van der Waals surface area contributed by atoms with Gasteiger partial charge in [0.25, 0.3) is 0 Å². The summed E-state index contributed by atoms with van der Waals surface area (Å²) in [5.74, 6) is 1.55. The van der Waals surface area contributed by atoms with E-state index < -0.39 is 0 Å². The summed E-state index contributed by atoms with van der Waals surface area (Å²) in [5, 5.41) is 10.0. The average molecular weight is 394 g/mol. The monoisotopic (exact) mass is 393 g/mol. The van der Waals surface area contributed by atoms with Crippen molar-refractivity contribution in [1.29, 1.82) is 0 Å². The first kappa shape index (κ1) is 19.4. The summed E-state index contributed by atoms with van der Waals surface area (Å²) in [6.45, 7) is 4.43. The molecule has 1 aromatic heterocycles. The van der Waals surface area contributed by atoms with Crippen LogP contribution in [0.3, 0.4) is 0 Å². The highest BCUT2D eigenvalue weighted by molar-refractivity contribution is 6.32. The van der Waals surface area contributed by atoms with E-state index in [1.54, 1.807) is 29.9 Å². The molecule has 0 radical (unpaired) electrons. The minimum Gasteiger partial charge on any atom is -0.495 e. The zero-order chi connectivity index (χ0) is 19.4. The molecule has 1 saturated heterocycles. The molecule has 8 nitrogen and oxygen atoms in total. The fraction of sp³-hybridized carbons (Fsp3) is 0.500. The van der Waals surface area contributed by atoms with Crippen LogP contribution in [-0.2, 0) is 11.3 Å². The first-order valence-corrected chi connectivity index (χ1v) is 9.40. The Morgan fingerprint density at radius 2 is 2.15 bits per heavy atom. The lowest BCUT2D eigenvalue weighted by Gasteiger charge is -2.30. The number of benzene rings is 1. The molecule has 9 heteroatoms. The summed E-state index contributed by atoms with van der Waals surface area (Å²) in [5.41, 5.74) is 0.483. The smallest absolute Gasteiger partial charge is 0.343 e. The fourth-order valence-corrected chi connectivity index (χ4v) is 3.70. The summed E-state index contributed by atoms with van der Waals surface area (Å²) in [4.78, 5) is 26.1. The topological polar surface area (TPSA) is 92.2 Å². The van der Waals surface area contributed by atoms with Gasteiger partial charge in [0.1, 0.15) is 11.6 Å². The van der Waals surface area contributed by atoms with E-state index in [1.165, 1.54) is 0 Å². The van der Waals surface area contributed by atoms with E-state index >= 15 is 0 Å². The molecule has 2 N–H and O–H groups in total. The molecule has 0 aliphatic carbocycles. The number of hydrogen-bond donors (Lipinski definition) is 2. The summed E-state index contributed by atoms with van der Waals surface area (Å²) in [6.07, 6.45) is 1.73. The average Bonchev–Trinajstić information content (AvgIpc) is 3.03.